The van der Waals surface area contributed by atoms with Crippen LogP contribution in [0, 0.1) is 0 Å². The molecule has 0 spiro atoms. The molecule has 2 saturated heterocycles. The van der Waals surface area contributed by atoms with Crippen LogP contribution in [0.1, 0.15) is 17.5 Å². The molecule has 2 aromatic rings. The second kappa shape index (κ2) is 12.0. The van der Waals surface area contributed by atoms with Crippen LogP contribution in [0.25, 0.3) is 0 Å². The largest absolute Gasteiger partial charge is 0.497 e. The zero-order valence-electron chi connectivity index (χ0n) is 22.1. The number of ether oxygens (including phenoxy) is 4. The van der Waals surface area contributed by atoms with Crippen LogP contribution in [-0.2, 0) is 27.4 Å². The number of carbonyl (C=O) groups excluding carboxylic acids is 2. The van der Waals surface area contributed by atoms with Crippen molar-refractivity contribution in [3.63, 3.8) is 0 Å². The van der Waals surface area contributed by atoms with E-state index in [0.29, 0.717) is 39.1 Å². The Morgan fingerprint density at radius 1 is 1.05 bits per heavy atom. The first-order valence-electron chi connectivity index (χ1n) is 13.1. The Balaban J connectivity index is 1.40. The molecule has 0 saturated carbocycles. The van der Waals surface area contributed by atoms with Gasteiger partial charge in [0, 0.05) is 59.0 Å². The van der Waals surface area contributed by atoms with Crippen molar-refractivity contribution in [3.8, 4) is 17.2 Å². The fourth-order valence-corrected chi connectivity index (χ4v) is 5.50. The number of benzene rings is 2. The molecular weight excluding hydrogens is 488 g/mol. The van der Waals surface area contributed by atoms with E-state index in [9.17, 15) is 9.59 Å². The number of piperazine rings is 1. The lowest BCUT2D eigenvalue weighted by molar-refractivity contribution is -0.139. The Kier molecular flexibility index (Phi) is 8.31. The predicted molar refractivity (Wildman–Crippen MR) is 140 cm³/mol. The van der Waals surface area contributed by atoms with Crippen molar-refractivity contribution in [3.05, 3.63) is 53.6 Å². The Labute approximate surface area is 223 Å². The number of carbonyl (C=O) groups is 2. The number of likely N-dealkylation sites (tertiary alicyclic amines) is 1. The number of fused-ring (bicyclic) bond motifs is 1. The first-order chi connectivity index (χ1) is 18.6. The highest BCUT2D eigenvalue weighted by atomic mass is 16.7. The lowest BCUT2D eigenvalue weighted by Crippen LogP contribution is -2.52. The van der Waals surface area contributed by atoms with Crippen molar-refractivity contribution in [2.75, 3.05) is 60.3 Å². The minimum absolute atomic E-state index is 0.0148. The molecule has 2 amide bonds. The normalized spacial score (nSPS) is 20.9. The lowest BCUT2D eigenvalue weighted by Gasteiger charge is -2.32. The van der Waals surface area contributed by atoms with Gasteiger partial charge in [-0.05, 0) is 41.8 Å². The van der Waals surface area contributed by atoms with Crippen LogP contribution >= 0.6 is 0 Å². The highest BCUT2D eigenvalue weighted by molar-refractivity contribution is 5.83. The van der Waals surface area contributed by atoms with Crippen LogP contribution in [-0.4, -0.2) is 98.9 Å². The number of rotatable bonds is 9. The van der Waals surface area contributed by atoms with Crippen LogP contribution < -0.4 is 19.5 Å². The molecule has 3 aliphatic heterocycles. The number of nitrogens with zero attached hydrogens (tertiary/aromatic N) is 3. The molecule has 3 heterocycles. The van der Waals surface area contributed by atoms with Crippen molar-refractivity contribution < 1.29 is 28.5 Å². The molecule has 0 bridgehead atoms. The van der Waals surface area contributed by atoms with E-state index in [2.05, 4.69) is 10.2 Å². The standard InChI is InChI=1S/C28H36N4O6/c1-35-18-27(33)32(16-20-4-3-5-23(12-20)36-2)22-14-24(28(34)30-10-8-29-9-11-30)31(17-22)15-21-6-7-25-26(13-21)38-19-37-25/h3-7,12-13,22,24,29H,8-11,14-19H2,1-2H3/t22-,24-/m0/s1. The number of hydrogen-bond donors (Lipinski definition) is 1. The van der Waals surface area contributed by atoms with Crippen LogP contribution in [0.15, 0.2) is 42.5 Å². The van der Waals surface area contributed by atoms with Crippen LogP contribution in [0.3, 0.4) is 0 Å². The average Bonchev–Trinajstić information content (AvgIpc) is 3.59. The molecule has 10 nitrogen and oxygen atoms in total. The Hall–Kier alpha value is -3.34. The summed E-state index contributed by atoms with van der Waals surface area (Å²) in [6.45, 7) is 4.72. The summed E-state index contributed by atoms with van der Waals surface area (Å²) in [5.74, 6) is 2.22. The summed E-state index contributed by atoms with van der Waals surface area (Å²) in [7, 11) is 3.16. The Morgan fingerprint density at radius 3 is 2.66 bits per heavy atom. The molecule has 0 radical (unpaired) electrons. The summed E-state index contributed by atoms with van der Waals surface area (Å²) in [5, 5.41) is 3.32. The van der Waals surface area contributed by atoms with E-state index in [0.717, 1.165) is 41.5 Å². The monoisotopic (exact) mass is 524 g/mol. The van der Waals surface area contributed by atoms with Crippen LogP contribution in [0.5, 0.6) is 17.2 Å². The van der Waals surface area contributed by atoms with E-state index >= 15 is 0 Å². The second-order valence-corrected chi connectivity index (χ2v) is 9.90. The van der Waals surface area contributed by atoms with Crippen LogP contribution in [0.4, 0.5) is 0 Å². The fourth-order valence-electron chi connectivity index (χ4n) is 5.50. The number of amides is 2. The first-order valence-corrected chi connectivity index (χ1v) is 13.1. The van der Waals surface area contributed by atoms with Crippen molar-refractivity contribution in [2.45, 2.75) is 31.6 Å². The molecule has 10 heteroatoms. The highest BCUT2D eigenvalue weighted by Gasteiger charge is 2.42. The summed E-state index contributed by atoms with van der Waals surface area (Å²) in [6.07, 6.45) is 0.562. The maximum atomic E-state index is 13.8. The molecule has 2 aromatic carbocycles. The summed E-state index contributed by atoms with van der Waals surface area (Å²) < 4.78 is 21.7. The molecule has 5 rings (SSSR count). The van der Waals surface area contributed by atoms with Gasteiger partial charge in [-0.1, -0.05) is 18.2 Å². The van der Waals surface area contributed by atoms with E-state index in [1.165, 1.54) is 7.11 Å². The van der Waals surface area contributed by atoms with Gasteiger partial charge in [-0.3, -0.25) is 14.5 Å². The number of hydrogen-bond acceptors (Lipinski definition) is 8. The quantitative estimate of drug-likeness (QED) is 0.528. The summed E-state index contributed by atoms with van der Waals surface area (Å²) >= 11 is 0. The zero-order valence-corrected chi connectivity index (χ0v) is 22.1. The molecule has 2 fully saturated rings. The van der Waals surface area contributed by atoms with Crippen molar-refractivity contribution in [1.29, 1.82) is 0 Å². The van der Waals surface area contributed by atoms with E-state index in [1.54, 1.807) is 7.11 Å². The average molecular weight is 525 g/mol. The van der Waals surface area contributed by atoms with Gasteiger partial charge in [0.1, 0.15) is 12.4 Å². The fraction of sp³-hybridized carbons (Fsp3) is 0.500. The lowest BCUT2D eigenvalue weighted by atomic mass is 10.1. The van der Waals surface area contributed by atoms with Gasteiger partial charge in [0.05, 0.1) is 13.2 Å². The molecule has 2 atom stereocenters. The third kappa shape index (κ3) is 5.87. The van der Waals surface area contributed by atoms with Crippen molar-refractivity contribution in [2.24, 2.45) is 0 Å². The Bertz CT molecular complexity index is 1140. The summed E-state index contributed by atoms with van der Waals surface area (Å²) in [5.41, 5.74) is 2.00. The smallest absolute Gasteiger partial charge is 0.249 e. The maximum absolute atomic E-state index is 13.8. The maximum Gasteiger partial charge on any atom is 0.249 e. The topological polar surface area (TPSA) is 92.8 Å². The Morgan fingerprint density at radius 2 is 1.87 bits per heavy atom. The minimum atomic E-state index is -0.327. The van der Waals surface area contributed by atoms with Gasteiger partial charge >= 0.3 is 0 Å². The molecular formula is C28H36N4O6. The molecule has 204 valence electrons. The minimum Gasteiger partial charge on any atom is -0.497 e. The van der Waals surface area contributed by atoms with Crippen molar-refractivity contribution >= 4 is 11.8 Å². The van der Waals surface area contributed by atoms with E-state index < -0.39 is 0 Å². The summed E-state index contributed by atoms with van der Waals surface area (Å²) in [4.78, 5) is 33.0. The SMILES string of the molecule is COCC(=O)N(Cc1cccc(OC)c1)[C@H]1C[C@@H](C(=O)N2CCNCC2)N(Cc2ccc3c(c2)OCO3)C1. The molecule has 38 heavy (non-hydrogen) atoms. The zero-order chi connectivity index (χ0) is 26.5. The van der Waals surface area contributed by atoms with Gasteiger partial charge < -0.3 is 34.1 Å². The van der Waals surface area contributed by atoms with Gasteiger partial charge in [-0.2, -0.15) is 0 Å². The third-order valence-corrected chi connectivity index (χ3v) is 7.43. The predicted octanol–water partition coefficient (Wildman–Crippen LogP) is 1.47. The molecule has 0 aromatic heterocycles. The van der Waals surface area contributed by atoms with Crippen molar-refractivity contribution in [1.82, 2.24) is 20.0 Å². The van der Waals surface area contributed by atoms with Crippen LogP contribution in [0.2, 0.25) is 0 Å². The summed E-state index contributed by atoms with van der Waals surface area (Å²) in [6, 6.07) is 13.2. The third-order valence-electron chi connectivity index (χ3n) is 7.43. The van der Waals surface area contributed by atoms with Gasteiger partial charge in [-0.25, -0.2) is 0 Å². The highest BCUT2D eigenvalue weighted by Crippen LogP contribution is 2.34. The van der Waals surface area contributed by atoms with Gasteiger partial charge in [0.25, 0.3) is 0 Å². The van der Waals surface area contributed by atoms with E-state index in [1.807, 2.05) is 52.3 Å². The van der Waals surface area contributed by atoms with Gasteiger partial charge in [0.2, 0.25) is 18.6 Å². The number of nitrogens with one attached hydrogen (secondary N) is 1. The van der Waals surface area contributed by atoms with Gasteiger partial charge in [0.15, 0.2) is 11.5 Å². The second-order valence-electron chi connectivity index (χ2n) is 9.90. The molecule has 1 N–H and O–H groups in total. The number of methoxy groups -OCH3 is 2. The molecule has 3 aliphatic rings. The van der Waals surface area contributed by atoms with Gasteiger partial charge in [-0.15, -0.1) is 0 Å². The van der Waals surface area contributed by atoms with E-state index in [4.69, 9.17) is 18.9 Å². The molecule has 0 aliphatic carbocycles. The molecule has 0 unspecified atom stereocenters. The first kappa shape index (κ1) is 26.3. The van der Waals surface area contributed by atoms with E-state index in [-0.39, 0.29) is 37.3 Å².